The van der Waals surface area contributed by atoms with Gasteiger partial charge < -0.3 is 9.26 Å². The number of nitrogens with zero attached hydrogens (tertiary/aromatic N) is 3. The maximum Gasteiger partial charge on any atom is 0.228 e. The van der Waals surface area contributed by atoms with Crippen LogP contribution in [0, 0.1) is 0 Å². The number of halogens is 1. The number of rotatable bonds is 2. The van der Waals surface area contributed by atoms with Crippen LogP contribution in [0.4, 0.5) is 0 Å². The normalized spacial score (nSPS) is 10.1. The summed E-state index contributed by atoms with van der Waals surface area (Å²) in [6.07, 6.45) is 3.05. The molecule has 0 atom stereocenters. The maximum absolute atomic E-state index is 5.61. The molecule has 0 N–H and O–H groups in total. The van der Waals surface area contributed by atoms with E-state index in [1.165, 1.54) is 19.5 Å². The Balaban J connectivity index is 2.53. The Morgan fingerprint density at radius 1 is 1.50 bits per heavy atom. The van der Waals surface area contributed by atoms with E-state index in [2.05, 4.69) is 15.1 Å². The van der Waals surface area contributed by atoms with Gasteiger partial charge >= 0.3 is 0 Å². The lowest BCUT2D eigenvalue weighted by Crippen LogP contribution is -1.93. The van der Waals surface area contributed by atoms with Crippen molar-refractivity contribution in [2.24, 2.45) is 0 Å². The summed E-state index contributed by atoms with van der Waals surface area (Å²) in [4.78, 5) is 7.72. The molecule has 0 bridgehead atoms. The topological polar surface area (TPSA) is 61.0 Å². The van der Waals surface area contributed by atoms with Crippen molar-refractivity contribution in [1.29, 1.82) is 0 Å². The molecule has 0 aliphatic heterocycles. The highest BCUT2D eigenvalue weighted by Gasteiger charge is 2.11. The summed E-state index contributed by atoms with van der Waals surface area (Å²) in [5.41, 5.74) is 0.620. The molecule has 0 saturated carbocycles. The van der Waals surface area contributed by atoms with Gasteiger partial charge in [-0.2, -0.15) is 4.98 Å². The van der Waals surface area contributed by atoms with Crippen LogP contribution in [0.15, 0.2) is 23.0 Å². The van der Waals surface area contributed by atoms with E-state index in [0.717, 1.165) is 0 Å². The second-order valence-corrected chi connectivity index (χ2v) is 2.78. The molecular formula is C8H6ClN3O2. The van der Waals surface area contributed by atoms with Crippen molar-refractivity contribution in [1.82, 2.24) is 15.1 Å². The van der Waals surface area contributed by atoms with Gasteiger partial charge in [0.05, 0.1) is 13.3 Å². The first-order valence-corrected chi connectivity index (χ1v) is 4.16. The van der Waals surface area contributed by atoms with Crippen LogP contribution in [0.25, 0.3) is 11.3 Å². The van der Waals surface area contributed by atoms with Crippen molar-refractivity contribution in [3.05, 3.63) is 23.7 Å². The van der Waals surface area contributed by atoms with Crippen molar-refractivity contribution in [3.8, 4) is 17.2 Å². The Kier molecular flexibility index (Phi) is 2.32. The summed E-state index contributed by atoms with van der Waals surface area (Å²) in [5, 5.41) is 3.71. The zero-order valence-corrected chi connectivity index (χ0v) is 8.02. The van der Waals surface area contributed by atoms with E-state index < -0.39 is 0 Å². The lowest BCUT2D eigenvalue weighted by Gasteiger charge is -2.02. The highest BCUT2D eigenvalue weighted by molar-refractivity contribution is 6.28. The van der Waals surface area contributed by atoms with Crippen LogP contribution < -0.4 is 4.74 Å². The molecule has 0 saturated heterocycles. The van der Waals surface area contributed by atoms with Crippen LogP contribution in [-0.4, -0.2) is 22.2 Å². The van der Waals surface area contributed by atoms with Gasteiger partial charge in [-0.05, 0) is 11.6 Å². The summed E-state index contributed by atoms with van der Waals surface area (Å²) >= 11 is 5.61. The molecule has 2 aromatic rings. The average Bonchev–Trinajstić information content (AvgIpc) is 2.70. The van der Waals surface area contributed by atoms with E-state index in [4.69, 9.17) is 20.9 Å². The van der Waals surface area contributed by atoms with E-state index in [1.54, 1.807) is 6.07 Å². The van der Waals surface area contributed by atoms with Crippen molar-refractivity contribution >= 4 is 11.6 Å². The number of hydrogen-bond donors (Lipinski definition) is 0. The zero-order chi connectivity index (χ0) is 9.97. The molecule has 5 nitrogen and oxygen atoms in total. The maximum atomic E-state index is 5.61. The standard InChI is InChI=1S/C8H6ClN3O2/c1-13-7-5(4-10-8(9)12-7)6-2-3-11-14-6/h2-4H,1H3. The molecular weight excluding hydrogens is 206 g/mol. The first-order chi connectivity index (χ1) is 6.81. The van der Waals surface area contributed by atoms with E-state index in [-0.39, 0.29) is 5.28 Å². The van der Waals surface area contributed by atoms with Gasteiger partial charge in [-0.1, -0.05) is 5.16 Å². The van der Waals surface area contributed by atoms with Gasteiger partial charge in [-0.3, -0.25) is 0 Å². The summed E-state index contributed by atoms with van der Waals surface area (Å²) in [6.45, 7) is 0. The molecule has 6 heteroatoms. The number of methoxy groups -OCH3 is 1. The quantitative estimate of drug-likeness (QED) is 0.709. The Bertz CT molecular complexity index is 430. The number of hydrogen-bond acceptors (Lipinski definition) is 5. The highest BCUT2D eigenvalue weighted by Crippen LogP contribution is 2.27. The average molecular weight is 212 g/mol. The van der Waals surface area contributed by atoms with Crippen LogP contribution in [0.5, 0.6) is 5.88 Å². The van der Waals surface area contributed by atoms with Gasteiger partial charge in [0.25, 0.3) is 0 Å². The van der Waals surface area contributed by atoms with Crippen molar-refractivity contribution in [2.45, 2.75) is 0 Å². The third-order valence-corrected chi connectivity index (χ3v) is 1.80. The Hall–Kier alpha value is -1.62. The zero-order valence-electron chi connectivity index (χ0n) is 7.27. The fraction of sp³-hybridized carbons (Fsp3) is 0.125. The van der Waals surface area contributed by atoms with Gasteiger partial charge in [0.2, 0.25) is 11.2 Å². The molecule has 0 spiro atoms. The van der Waals surface area contributed by atoms with Crippen LogP contribution in [0.2, 0.25) is 5.28 Å². The van der Waals surface area contributed by atoms with E-state index in [0.29, 0.717) is 17.2 Å². The highest BCUT2D eigenvalue weighted by atomic mass is 35.5. The smallest absolute Gasteiger partial charge is 0.228 e. The van der Waals surface area contributed by atoms with E-state index in [1.807, 2.05) is 0 Å². The van der Waals surface area contributed by atoms with Gasteiger partial charge in [-0.25, -0.2) is 4.98 Å². The minimum Gasteiger partial charge on any atom is -0.480 e. The minimum absolute atomic E-state index is 0.130. The van der Waals surface area contributed by atoms with Crippen LogP contribution >= 0.6 is 11.6 Å². The molecule has 0 amide bonds. The first-order valence-electron chi connectivity index (χ1n) is 3.79. The van der Waals surface area contributed by atoms with Crippen molar-refractivity contribution in [3.63, 3.8) is 0 Å². The molecule has 2 rings (SSSR count). The second-order valence-electron chi connectivity index (χ2n) is 2.44. The van der Waals surface area contributed by atoms with E-state index in [9.17, 15) is 0 Å². The third kappa shape index (κ3) is 1.54. The lowest BCUT2D eigenvalue weighted by molar-refractivity contribution is 0.391. The molecule has 0 aliphatic rings. The SMILES string of the molecule is COc1nc(Cl)ncc1-c1ccno1. The second kappa shape index (κ2) is 3.63. The Morgan fingerprint density at radius 3 is 3.00 bits per heavy atom. The first kappa shape index (κ1) is 8.96. The fourth-order valence-corrected chi connectivity index (χ4v) is 1.15. The minimum atomic E-state index is 0.130. The van der Waals surface area contributed by atoms with Crippen LogP contribution in [0.1, 0.15) is 0 Å². The van der Waals surface area contributed by atoms with E-state index >= 15 is 0 Å². The fourth-order valence-electron chi connectivity index (χ4n) is 1.03. The van der Waals surface area contributed by atoms with Gasteiger partial charge in [0.15, 0.2) is 5.76 Å². The number of ether oxygens (including phenoxy) is 1. The number of aromatic nitrogens is 3. The van der Waals surface area contributed by atoms with Crippen molar-refractivity contribution in [2.75, 3.05) is 7.11 Å². The monoisotopic (exact) mass is 211 g/mol. The van der Waals surface area contributed by atoms with Gasteiger partial charge in [0, 0.05) is 12.3 Å². The van der Waals surface area contributed by atoms with Gasteiger partial charge in [-0.15, -0.1) is 0 Å². The summed E-state index contributed by atoms with van der Waals surface area (Å²) in [6, 6.07) is 1.69. The van der Waals surface area contributed by atoms with Crippen LogP contribution in [0.3, 0.4) is 0 Å². The summed E-state index contributed by atoms with van der Waals surface area (Å²) in [5.74, 6) is 0.903. The van der Waals surface area contributed by atoms with Crippen molar-refractivity contribution < 1.29 is 9.26 Å². The molecule has 0 fully saturated rings. The third-order valence-electron chi connectivity index (χ3n) is 1.62. The lowest BCUT2D eigenvalue weighted by atomic mass is 10.2. The molecule has 14 heavy (non-hydrogen) atoms. The molecule has 0 aromatic carbocycles. The van der Waals surface area contributed by atoms with Crippen LogP contribution in [-0.2, 0) is 0 Å². The molecule has 2 aromatic heterocycles. The summed E-state index contributed by atoms with van der Waals surface area (Å²) in [7, 11) is 1.50. The summed E-state index contributed by atoms with van der Waals surface area (Å²) < 4.78 is 9.98. The Morgan fingerprint density at radius 2 is 2.36 bits per heavy atom. The molecule has 0 aliphatic carbocycles. The molecule has 0 radical (unpaired) electrons. The van der Waals surface area contributed by atoms with Gasteiger partial charge in [0.1, 0.15) is 5.56 Å². The predicted octanol–water partition coefficient (Wildman–Crippen LogP) is 1.79. The predicted molar refractivity (Wildman–Crippen MR) is 49.1 cm³/mol. The molecule has 72 valence electrons. The largest absolute Gasteiger partial charge is 0.480 e. The molecule has 2 heterocycles. The molecule has 0 unspecified atom stereocenters. The Labute approximate surface area is 84.7 Å².